The van der Waals surface area contributed by atoms with E-state index in [9.17, 15) is 0 Å². The van der Waals surface area contributed by atoms with E-state index >= 15 is 0 Å². The normalized spacial score (nSPS) is 16.5. The number of rotatable bonds is 3. The minimum absolute atomic E-state index is 0.0721. The van der Waals surface area contributed by atoms with E-state index in [1.165, 1.54) is 12.8 Å². The monoisotopic (exact) mass is 208 g/mol. The van der Waals surface area contributed by atoms with Gasteiger partial charge in [-0.1, -0.05) is 6.92 Å². The van der Waals surface area contributed by atoms with E-state index in [-0.39, 0.29) is 5.54 Å². The molecule has 0 aliphatic carbocycles. The summed E-state index contributed by atoms with van der Waals surface area (Å²) < 4.78 is 2.28. The summed E-state index contributed by atoms with van der Waals surface area (Å²) in [5.74, 6) is 2.24. The molecule has 0 bridgehead atoms. The molecule has 0 saturated carbocycles. The van der Waals surface area contributed by atoms with Crippen molar-refractivity contribution in [2.75, 3.05) is 6.54 Å². The molecule has 0 saturated heterocycles. The van der Waals surface area contributed by atoms with Gasteiger partial charge in [0, 0.05) is 13.0 Å². The fourth-order valence-corrected chi connectivity index (χ4v) is 2.29. The van der Waals surface area contributed by atoms with E-state index in [1.54, 1.807) is 0 Å². The van der Waals surface area contributed by atoms with Gasteiger partial charge in [0.05, 0.1) is 5.54 Å². The zero-order valence-corrected chi connectivity index (χ0v) is 9.88. The molecule has 0 radical (unpaired) electrons. The van der Waals surface area contributed by atoms with E-state index in [2.05, 4.69) is 40.9 Å². The van der Waals surface area contributed by atoms with Crippen LogP contribution in [0.2, 0.25) is 0 Å². The average molecular weight is 208 g/mol. The Morgan fingerprint density at radius 3 is 2.87 bits per heavy atom. The minimum atomic E-state index is -0.0721. The first-order valence-electron chi connectivity index (χ1n) is 5.82. The number of aryl methyl sites for hydroxylation is 1. The molecule has 2 rings (SSSR count). The summed E-state index contributed by atoms with van der Waals surface area (Å²) in [5, 5.41) is 12.1. The van der Waals surface area contributed by atoms with Gasteiger partial charge in [-0.05, 0) is 33.2 Å². The number of hydrogen-bond donors (Lipinski definition) is 1. The van der Waals surface area contributed by atoms with Gasteiger partial charge in [-0.3, -0.25) is 0 Å². The lowest BCUT2D eigenvalue weighted by atomic mass is 10.0. The molecule has 4 nitrogen and oxygen atoms in total. The van der Waals surface area contributed by atoms with Crippen LogP contribution in [0, 0.1) is 0 Å². The largest absolute Gasteiger partial charge is 0.313 e. The van der Waals surface area contributed by atoms with E-state index in [4.69, 9.17) is 0 Å². The highest BCUT2D eigenvalue weighted by atomic mass is 15.3. The van der Waals surface area contributed by atoms with E-state index in [0.29, 0.717) is 0 Å². The lowest BCUT2D eigenvalue weighted by Crippen LogP contribution is -2.39. The molecular weight excluding hydrogens is 188 g/mol. The van der Waals surface area contributed by atoms with Crippen molar-refractivity contribution in [1.82, 2.24) is 20.1 Å². The van der Waals surface area contributed by atoms with Crippen molar-refractivity contribution in [1.29, 1.82) is 0 Å². The third-order valence-electron chi connectivity index (χ3n) is 3.04. The first-order valence-corrected chi connectivity index (χ1v) is 5.82. The van der Waals surface area contributed by atoms with Crippen LogP contribution < -0.4 is 5.32 Å². The second-order valence-corrected chi connectivity index (χ2v) is 4.70. The molecule has 0 unspecified atom stereocenters. The van der Waals surface area contributed by atoms with Crippen LogP contribution in [0.1, 0.15) is 45.3 Å². The second kappa shape index (κ2) is 3.93. The summed E-state index contributed by atoms with van der Waals surface area (Å²) in [6, 6.07) is 0. The van der Waals surface area contributed by atoms with E-state index < -0.39 is 0 Å². The highest BCUT2D eigenvalue weighted by Crippen LogP contribution is 2.22. The van der Waals surface area contributed by atoms with Gasteiger partial charge in [-0.2, -0.15) is 0 Å². The molecule has 0 fully saturated rings. The average Bonchev–Trinajstić information content (AvgIpc) is 2.61. The molecule has 4 heteroatoms. The van der Waals surface area contributed by atoms with Gasteiger partial charge >= 0.3 is 0 Å². The highest BCUT2D eigenvalue weighted by Gasteiger charge is 2.28. The Morgan fingerprint density at radius 2 is 2.13 bits per heavy atom. The Hall–Kier alpha value is -0.900. The topological polar surface area (TPSA) is 42.7 Å². The van der Waals surface area contributed by atoms with Crippen molar-refractivity contribution in [3.8, 4) is 0 Å². The fraction of sp³-hybridized carbons (Fsp3) is 0.818. The van der Waals surface area contributed by atoms with Gasteiger partial charge < -0.3 is 9.88 Å². The fourth-order valence-electron chi connectivity index (χ4n) is 2.29. The number of nitrogens with zero attached hydrogens (tertiary/aromatic N) is 3. The SMILES string of the molecule is CCNC(C)(C)c1nnc2n1CCCC2. The van der Waals surface area contributed by atoms with Crippen LogP contribution in [0.25, 0.3) is 0 Å². The maximum Gasteiger partial charge on any atom is 0.152 e. The molecule has 0 aromatic carbocycles. The molecule has 1 aromatic heterocycles. The quantitative estimate of drug-likeness (QED) is 0.817. The van der Waals surface area contributed by atoms with Gasteiger partial charge in [0.25, 0.3) is 0 Å². The van der Waals surface area contributed by atoms with Crippen LogP contribution in [0.15, 0.2) is 0 Å². The van der Waals surface area contributed by atoms with Crippen LogP contribution in [0.5, 0.6) is 0 Å². The minimum Gasteiger partial charge on any atom is -0.313 e. The lowest BCUT2D eigenvalue weighted by molar-refractivity contribution is 0.361. The second-order valence-electron chi connectivity index (χ2n) is 4.70. The Kier molecular flexibility index (Phi) is 2.78. The molecule has 0 atom stereocenters. The Labute approximate surface area is 91.1 Å². The Balaban J connectivity index is 2.32. The third-order valence-corrected chi connectivity index (χ3v) is 3.04. The molecule has 1 aliphatic heterocycles. The summed E-state index contributed by atoms with van der Waals surface area (Å²) in [4.78, 5) is 0. The predicted molar refractivity (Wildman–Crippen MR) is 59.7 cm³/mol. The molecule has 0 spiro atoms. The summed E-state index contributed by atoms with van der Waals surface area (Å²) in [6.07, 6.45) is 3.58. The van der Waals surface area contributed by atoms with Crippen molar-refractivity contribution in [2.24, 2.45) is 0 Å². The number of fused-ring (bicyclic) bond motifs is 1. The van der Waals surface area contributed by atoms with Crippen LogP contribution in [0.3, 0.4) is 0 Å². The molecule has 1 aromatic rings. The van der Waals surface area contributed by atoms with Gasteiger partial charge in [-0.25, -0.2) is 0 Å². The first kappa shape index (κ1) is 10.6. The standard InChI is InChI=1S/C11H20N4/c1-4-12-11(2,3)10-14-13-9-7-5-6-8-15(9)10/h12H,4-8H2,1-3H3. The van der Waals surface area contributed by atoms with Crippen molar-refractivity contribution in [3.05, 3.63) is 11.6 Å². The molecule has 0 amide bonds. The summed E-state index contributed by atoms with van der Waals surface area (Å²) >= 11 is 0. The zero-order valence-electron chi connectivity index (χ0n) is 9.88. The molecule has 1 N–H and O–H groups in total. The summed E-state index contributed by atoms with van der Waals surface area (Å²) in [5.41, 5.74) is -0.0721. The maximum atomic E-state index is 4.34. The van der Waals surface area contributed by atoms with Crippen LogP contribution in [-0.2, 0) is 18.5 Å². The van der Waals surface area contributed by atoms with Crippen LogP contribution in [0.4, 0.5) is 0 Å². The third kappa shape index (κ3) is 1.91. The molecular formula is C11H20N4. The predicted octanol–water partition coefficient (Wildman–Crippen LogP) is 1.46. The molecule has 2 heterocycles. The van der Waals surface area contributed by atoms with Gasteiger partial charge in [0.15, 0.2) is 5.82 Å². The van der Waals surface area contributed by atoms with Gasteiger partial charge in [-0.15, -0.1) is 10.2 Å². The smallest absolute Gasteiger partial charge is 0.152 e. The summed E-state index contributed by atoms with van der Waals surface area (Å²) in [6.45, 7) is 8.49. The van der Waals surface area contributed by atoms with Crippen molar-refractivity contribution in [2.45, 2.75) is 52.1 Å². The molecule has 1 aliphatic rings. The van der Waals surface area contributed by atoms with E-state index in [0.717, 1.165) is 31.2 Å². The van der Waals surface area contributed by atoms with E-state index in [1.807, 2.05) is 0 Å². The molecule has 84 valence electrons. The highest BCUT2D eigenvalue weighted by molar-refractivity contribution is 5.08. The van der Waals surface area contributed by atoms with Crippen LogP contribution >= 0.6 is 0 Å². The summed E-state index contributed by atoms with van der Waals surface area (Å²) in [7, 11) is 0. The first-order chi connectivity index (χ1) is 7.15. The number of hydrogen-bond acceptors (Lipinski definition) is 3. The van der Waals surface area contributed by atoms with Gasteiger partial charge in [0.2, 0.25) is 0 Å². The number of aromatic nitrogens is 3. The van der Waals surface area contributed by atoms with Crippen molar-refractivity contribution in [3.63, 3.8) is 0 Å². The maximum absolute atomic E-state index is 4.34. The van der Waals surface area contributed by atoms with Crippen molar-refractivity contribution < 1.29 is 0 Å². The van der Waals surface area contributed by atoms with Crippen LogP contribution in [-0.4, -0.2) is 21.3 Å². The lowest BCUT2D eigenvalue weighted by Gasteiger charge is -2.26. The Morgan fingerprint density at radius 1 is 1.33 bits per heavy atom. The number of nitrogens with one attached hydrogen (secondary N) is 1. The van der Waals surface area contributed by atoms with Gasteiger partial charge in [0.1, 0.15) is 5.82 Å². The molecule has 15 heavy (non-hydrogen) atoms. The Bertz CT molecular complexity index is 340. The zero-order chi connectivity index (χ0) is 10.9. The van der Waals surface area contributed by atoms with Crippen molar-refractivity contribution >= 4 is 0 Å².